The Morgan fingerprint density at radius 2 is 1.52 bits per heavy atom. The Morgan fingerprint density at radius 3 is 2.07 bits per heavy atom. The Balaban J connectivity index is 1.26. The average Bonchev–Trinajstić information content (AvgIpc) is 2.91. The number of benzene rings is 3. The van der Waals surface area contributed by atoms with Gasteiger partial charge in [-0.25, -0.2) is 12.8 Å². The highest BCUT2D eigenvalue weighted by Crippen LogP contribution is 2.25. The third-order valence-corrected chi connectivity index (χ3v) is 7.49. The highest BCUT2D eigenvalue weighted by Gasteiger charge is 2.30. The number of amides is 1. The molecular weight excluding hydrogens is 559 g/mol. The minimum absolute atomic E-state index is 0.127. The topological polar surface area (TPSA) is 120 Å². The van der Waals surface area contributed by atoms with E-state index in [1.54, 1.807) is 38.1 Å². The molecule has 1 heterocycles. The third kappa shape index (κ3) is 10.4. The van der Waals surface area contributed by atoms with E-state index in [1.165, 1.54) is 24.3 Å². The van der Waals surface area contributed by atoms with Crippen LogP contribution in [0.5, 0.6) is 11.5 Å². The van der Waals surface area contributed by atoms with Crippen molar-refractivity contribution in [2.45, 2.75) is 57.3 Å². The largest absolute Gasteiger partial charge is 0.457 e. The Kier molecular flexibility index (Phi) is 10.2. The van der Waals surface area contributed by atoms with Gasteiger partial charge in [0.25, 0.3) is 0 Å². The van der Waals surface area contributed by atoms with Gasteiger partial charge >= 0.3 is 0 Å². The van der Waals surface area contributed by atoms with Gasteiger partial charge in [0.05, 0.1) is 17.9 Å². The van der Waals surface area contributed by atoms with Gasteiger partial charge in [0, 0.05) is 24.0 Å². The van der Waals surface area contributed by atoms with Gasteiger partial charge < -0.3 is 20.5 Å². The van der Waals surface area contributed by atoms with Crippen LogP contribution in [0.2, 0.25) is 0 Å². The molecule has 3 aromatic carbocycles. The molecule has 1 amide bonds. The van der Waals surface area contributed by atoms with E-state index >= 15 is 0 Å². The molecule has 0 radical (unpaired) electrons. The lowest BCUT2D eigenvalue weighted by atomic mass is 9.96. The van der Waals surface area contributed by atoms with Crippen LogP contribution in [-0.2, 0) is 21.4 Å². The first-order chi connectivity index (χ1) is 19.8. The zero-order valence-corrected chi connectivity index (χ0v) is 25.0. The molecule has 4 rings (SSSR count). The van der Waals surface area contributed by atoms with Crippen LogP contribution in [0.3, 0.4) is 0 Å². The Morgan fingerprint density at radius 1 is 0.976 bits per heavy atom. The quantitative estimate of drug-likeness (QED) is 0.238. The first-order valence-corrected chi connectivity index (χ1v) is 15.8. The predicted octanol–water partition coefficient (Wildman–Crippen LogP) is 4.71. The number of hydrogen-bond donors (Lipinski definition) is 4. The van der Waals surface area contributed by atoms with Crippen molar-refractivity contribution in [2.24, 2.45) is 0 Å². The predicted molar refractivity (Wildman–Crippen MR) is 163 cm³/mol. The lowest BCUT2D eigenvalue weighted by Gasteiger charge is -2.35. The highest BCUT2D eigenvalue weighted by molar-refractivity contribution is 7.92. The molecule has 3 aromatic rings. The molecule has 9 nitrogen and oxygen atoms in total. The van der Waals surface area contributed by atoms with Gasteiger partial charge in [-0.3, -0.25) is 14.4 Å². The van der Waals surface area contributed by atoms with Crippen LogP contribution in [0.25, 0.3) is 0 Å². The van der Waals surface area contributed by atoms with Gasteiger partial charge in [0.15, 0.2) is 0 Å². The Bertz CT molecular complexity index is 1420. The van der Waals surface area contributed by atoms with Crippen molar-refractivity contribution >= 4 is 27.3 Å². The summed E-state index contributed by atoms with van der Waals surface area (Å²) in [7, 11) is -3.33. The van der Waals surface area contributed by atoms with Gasteiger partial charge in [-0.05, 0) is 112 Å². The van der Waals surface area contributed by atoms with E-state index in [0.29, 0.717) is 22.9 Å². The number of rotatable bonds is 12. The number of piperidine rings is 1. The minimum Gasteiger partial charge on any atom is -0.457 e. The van der Waals surface area contributed by atoms with Gasteiger partial charge in [0.2, 0.25) is 15.9 Å². The molecule has 42 heavy (non-hydrogen) atoms. The second-order valence-corrected chi connectivity index (χ2v) is 13.2. The van der Waals surface area contributed by atoms with Crippen LogP contribution in [0.1, 0.15) is 38.7 Å². The van der Waals surface area contributed by atoms with Gasteiger partial charge in [-0.15, -0.1) is 0 Å². The van der Waals surface area contributed by atoms with Crippen molar-refractivity contribution in [1.82, 2.24) is 10.2 Å². The maximum absolute atomic E-state index is 13.2. The number of halogens is 1. The van der Waals surface area contributed by atoms with Crippen LogP contribution in [0, 0.1) is 5.82 Å². The molecule has 0 aliphatic carbocycles. The van der Waals surface area contributed by atoms with Crippen LogP contribution >= 0.6 is 0 Å². The number of aliphatic hydroxyl groups is 1. The first kappa shape index (κ1) is 31.4. The standard InChI is InChI=1S/C31H39FN4O5S/c1-31(2,38)20-29(30(37)34-24-8-6-23(32)7-9-24)33-25-16-18-36(19-17-25)21-22-4-12-27(13-5-22)41-28-14-10-26(11-15-28)35-42(3,39)40/h4-15,25,29,33,35,38H,16-21H2,1-3H3,(H,34,37). The Hall–Kier alpha value is -3.51. The number of carbonyl (C=O) groups excluding carboxylic acids is 1. The fourth-order valence-corrected chi connectivity index (χ4v) is 5.46. The van der Waals surface area contributed by atoms with Crippen LogP contribution in [0.15, 0.2) is 72.8 Å². The zero-order valence-electron chi connectivity index (χ0n) is 24.1. The van der Waals surface area contributed by atoms with Crippen LogP contribution in [0.4, 0.5) is 15.8 Å². The molecule has 1 aliphatic rings. The molecule has 1 fully saturated rings. The molecule has 0 saturated carbocycles. The maximum Gasteiger partial charge on any atom is 0.241 e. The molecule has 226 valence electrons. The van der Waals surface area contributed by atoms with Gasteiger partial charge in [-0.1, -0.05) is 12.1 Å². The lowest BCUT2D eigenvalue weighted by molar-refractivity contribution is -0.120. The summed E-state index contributed by atoms with van der Waals surface area (Å²) in [5, 5.41) is 16.7. The van der Waals surface area contributed by atoms with Crippen LogP contribution in [-0.4, -0.2) is 61.4 Å². The van der Waals surface area contributed by atoms with Gasteiger partial charge in [0.1, 0.15) is 17.3 Å². The molecule has 4 N–H and O–H groups in total. The fourth-order valence-electron chi connectivity index (χ4n) is 4.89. The Labute approximate surface area is 247 Å². The van der Waals surface area contributed by atoms with E-state index in [0.717, 1.165) is 44.3 Å². The van der Waals surface area contributed by atoms with Crippen molar-refractivity contribution < 1.29 is 27.4 Å². The van der Waals surface area contributed by atoms with E-state index in [1.807, 2.05) is 24.3 Å². The summed E-state index contributed by atoms with van der Waals surface area (Å²) in [6.45, 7) is 5.87. The van der Waals surface area contributed by atoms with E-state index in [2.05, 4.69) is 20.3 Å². The molecule has 0 aromatic heterocycles. The SMILES string of the molecule is CC(C)(O)CC(NC1CCN(Cc2ccc(Oc3ccc(NS(C)(=O)=O)cc3)cc2)CC1)C(=O)Nc1ccc(F)cc1. The molecule has 1 aliphatic heterocycles. The maximum atomic E-state index is 13.2. The highest BCUT2D eigenvalue weighted by atomic mass is 32.2. The van der Waals surface area contributed by atoms with Crippen molar-refractivity contribution in [2.75, 3.05) is 29.4 Å². The number of anilines is 2. The number of nitrogens with zero attached hydrogens (tertiary/aromatic N) is 1. The summed E-state index contributed by atoms with van der Waals surface area (Å²) in [6, 6.07) is 19.7. The van der Waals surface area contributed by atoms with Crippen molar-refractivity contribution in [3.63, 3.8) is 0 Å². The second-order valence-electron chi connectivity index (χ2n) is 11.4. The van der Waals surface area contributed by atoms with E-state index in [9.17, 15) is 22.7 Å². The lowest BCUT2D eigenvalue weighted by Crippen LogP contribution is -2.52. The van der Waals surface area contributed by atoms with E-state index < -0.39 is 21.7 Å². The number of carbonyl (C=O) groups is 1. The number of likely N-dealkylation sites (tertiary alicyclic amines) is 1. The second kappa shape index (κ2) is 13.6. The van der Waals surface area contributed by atoms with Gasteiger partial charge in [-0.2, -0.15) is 0 Å². The zero-order chi connectivity index (χ0) is 30.3. The molecule has 0 spiro atoms. The monoisotopic (exact) mass is 598 g/mol. The van der Waals surface area contributed by atoms with E-state index in [4.69, 9.17) is 4.74 Å². The molecule has 1 unspecified atom stereocenters. The summed E-state index contributed by atoms with van der Waals surface area (Å²) in [6.07, 6.45) is 3.07. The first-order valence-electron chi connectivity index (χ1n) is 13.9. The number of sulfonamides is 1. The summed E-state index contributed by atoms with van der Waals surface area (Å²) in [4.78, 5) is 15.4. The number of ether oxygens (including phenoxy) is 1. The molecule has 1 saturated heterocycles. The van der Waals surface area contributed by atoms with E-state index in [-0.39, 0.29) is 24.2 Å². The van der Waals surface area contributed by atoms with Crippen molar-refractivity contribution in [3.05, 3.63) is 84.2 Å². The third-order valence-electron chi connectivity index (χ3n) is 6.88. The number of nitrogens with one attached hydrogen (secondary N) is 3. The van der Waals surface area contributed by atoms with Crippen LogP contribution < -0.4 is 20.1 Å². The normalized spacial score (nSPS) is 15.6. The van der Waals surface area contributed by atoms with Crippen molar-refractivity contribution in [1.29, 1.82) is 0 Å². The minimum atomic E-state index is -3.33. The fraction of sp³-hybridized carbons (Fsp3) is 0.387. The average molecular weight is 599 g/mol. The summed E-state index contributed by atoms with van der Waals surface area (Å²) in [5.41, 5.74) is 1.10. The molecule has 1 atom stereocenters. The molecule has 11 heteroatoms. The summed E-state index contributed by atoms with van der Waals surface area (Å²) in [5.74, 6) is 0.659. The molecular formula is C31H39FN4O5S. The summed E-state index contributed by atoms with van der Waals surface area (Å²) >= 11 is 0. The smallest absolute Gasteiger partial charge is 0.241 e. The number of hydrogen-bond acceptors (Lipinski definition) is 7. The van der Waals surface area contributed by atoms with Crippen molar-refractivity contribution in [3.8, 4) is 11.5 Å². The summed E-state index contributed by atoms with van der Waals surface area (Å²) < 4.78 is 44.3. The molecule has 0 bridgehead atoms.